The van der Waals surface area contributed by atoms with Gasteiger partial charge in [0.25, 0.3) is 0 Å². The molecule has 0 amide bonds. The summed E-state index contributed by atoms with van der Waals surface area (Å²) in [5, 5.41) is 0. The Morgan fingerprint density at radius 1 is 1.23 bits per heavy atom. The Labute approximate surface area is 82.2 Å². The minimum atomic E-state index is -4.32. The van der Waals surface area contributed by atoms with Crippen molar-refractivity contribution < 1.29 is 13.2 Å². The highest BCUT2D eigenvalue weighted by Crippen LogP contribution is 2.31. The van der Waals surface area contributed by atoms with E-state index in [0.29, 0.717) is 10.0 Å². The van der Waals surface area contributed by atoms with Gasteiger partial charge in [0.05, 0.1) is 5.56 Å². The van der Waals surface area contributed by atoms with Crippen LogP contribution in [0.2, 0.25) is 0 Å². The topological polar surface area (TPSA) is 0 Å². The zero-order valence-electron chi connectivity index (χ0n) is 6.45. The van der Waals surface area contributed by atoms with E-state index >= 15 is 0 Å². The molecule has 0 bridgehead atoms. The van der Waals surface area contributed by atoms with Crippen LogP contribution in [0.4, 0.5) is 13.2 Å². The molecule has 0 heterocycles. The standard InChI is InChI=1S/C9H5BrF3/c1-2-6-3-7(9(11,12)13)5-8(10)4-6/h3-5H,1H2. The molecule has 0 spiro atoms. The molecule has 0 saturated carbocycles. The van der Waals surface area contributed by atoms with Gasteiger partial charge in [-0.15, -0.1) is 0 Å². The van der Waals surface area contributed by atoms with Crippen molar-refractivity contribution >= 4 is 15.9 Å². The zero-order valence-corrected chi connectivity index (χ0v) is 8.04. The largest absolute Gasteiger partial charge is 0.416 e. The fraction of sp³-hybridized carbons (Fsp3) is 0.111. The van der Waals surface area contributed by atoms with E-state index in [4.69, 9.17) is 0 Å². The molecule has 0 nitrogen and oxygen atoms in total. The van der Waals surface area contributed by atoms with Crippen molar-refractivity contribution in [1.29, 1.82) is 0 Å². The highest BCUT2D eigenvalue weighted by atomic mass is 79.9. The summed E-state index contributed by atoms with van der Waals surface area (Å²) in [6.07, 6.45) is -1.92. The van der Waals surface area contributed by atoms with Gasteiger partial charge < -0.3 is 0 Å². The van der Waals surface area contributed by atoms with Crippen LogP contribution in [0.15, 0.2) is 29.3 Å². The van der Waals surface area contributed by atoms with Crippen LogP contribution in [-0.2, 0) is 6.18 Å². The molecule has 4 heteroatoms. The van der Waals surface area contributed by atoms with Crippen LogP contribution in [0.1, 0.15) is 11.1 Å². The van der Waals surface area contributed by atoms with Gasteiger partial charge in [0.2, 0.25) is 0 Å². The minimum Gasteiger partial charge on any atom is -0.166 e. The fourth-order valence-electron chi connectivity index (χ4n) is 0.855. The van der Waals surface area contributed by atoms with Gasteiger partial charge in [0.15, 0.2) is 0 Å². The quantitative estimate of drug-likeness (QED) is 0.710. The molecule has 1 rings (SSSR count). The van der Waals surface area contributed by atoms with Crippen molar-refractivity contribution in [1.82, 2.24) is 0 Å². The number of rotatable bonds is 1. The predicted octanol–water partition coefficient (Wildman–Crippen LogP) is 3.81. The molecule has 13 heavy (non-hydrogen) atoms. The Bertz CT molecular complexity index is 328. The molecular weight excluding hydrogens is 245 g/mol. The average molecular weight is 250 g/mol. The molecule has 0 N–H and O–H groups in total. The number of halogens is 4. The second kappa shape index (κ2) is 3.54. The second-order valence-corrected chi connectivity index (χ2v) is 3.32. The van der Waals surface area contributed by atoms with Crippen LogP contribution in [-0.4, -0.2) is 0 Å². The molecule has 1 radical (unpaired) electrons. The van der Waals surface area contributed by atoms with Gasteiger partial charge in [-0.3, -0.25) is 0 Å². The van der Waals surface area contributed by atoms with Gasteiger partial charge in [-0.1, -0.05) is 22.5 Å². The van der Waals surface area contributed by atoms with E-state index in [1.54, 1.807) is 0 Å². The van der Waals surface area contributed by atoms with Crippen LogP contribution in [0, 0.1) is 6.08 Å². The summed E-state index contributed by atoms with van der Waals surface area (Å²) in [6.45, 7) is 3.28. The monoisotopic (exact) mass is 249 g/mol. The maximum Gasteiger partial charge on any atom is 0.416 e. The Balaban J connectivity index is 3.24. The lowest BCUT2D eigenvalue weighted by atomic mass is 10.1. The van der Waals surface area contributed by atoms with E-state index in [9.17, 15) is 13.2 Å². The fourth-order valence-corrected chi connectivity index (χ4v) is 1.35. The second-order valence-electron chi connectivity index (χ2n) is 2.40. The van der Waals surface area contributed by atoms with Gasteiger partial charge in [-0.2, -0.15) is 13.2 Å². The maximum absolute atomic E-state index is 12.2. The average Bonchev–Trinajstić information content (AvgIpc) is 2.01. The first-order valence-electron chi connectivity index (χ1n) is 3.34. The van der Waals surface area contributed by atoms with Crippen LogP contribution in [0.25, 0.3) is 0 Å². The molecule has 0 fully saturated rings. The molecule has 0 aliphatic rings. The molecule has 1 aromatic rings. The van der Waals surface area contributed by atoms with Crippen LogP contribution < -0.4 is 0 Å². The SMILES string of the molecule is C=[C]c1cc(Br)cc(C(F)(F)F)c1. The lowest BCUT2D eigenvalue weighted by molar-refractivity contribution is -0.137. The first-order valence-corrected chi connectivity index (χ1v) is 4.13. The van der Waals surface area contributed by atoms with E-state index in [1.807, 2.05) is 0 Å². The first-order chi connectivity index (χ1) is 5.93. The molecule has 0 aromatic heterocycles. The van der Waals surface area contributed by atoms with Crippen molar-refractivity contribution in [3.05, 3.63) is 46.5 Å². The third kappa shape index (κ3) is 2.59. The number of hydrogen-bond donors (Lipinski definition) is 0. The summed E-state index contributed by atoms with van der Waals surface area (Å²) >= 11 is 2.98. The summed E-state index contributed by atoms with van der Waals surface area (Å²) in [5.74, 6) is 0. The van der Waals surface area contributed by atoms with Crippen molar-refractivity contribution in [2.45, 2.75) is 6.18 Å². The predicted molar refractivity (Wildman–Crippen MR) is 47.1 cm³/mol. The van der Waals surface area contributed by atoms with Crippen molar-refractivity contribution in [2.75, 3.05) is 0 Å². The molecule has 0 saturated heterocycles. The number of alkyl halides is 3. The smallest absolute Gasteiger partial charge is 0.166 e. The zero-order chi connectivity index (χ0) is 10.1. The van der Waals surface area contributed by atoms with E-state index in [0.717, 1.165) is 12.1 Å². The van der Waals surface area contributed by atoms with Gasteiger partial charge >= 0.3 is 6.18 Å². The lowest BCUT2D eigenvalue weighted by Gasteiger charge is -2.07. The summed E-state index contributed by atoms with van der Waals surface area (Å²) in [7, 11) is 0. The molecular formula is C9H5BrF3. The lowest BCUT2D eigenvalue weighted by Crippen LogP contribution is -2.04. The van der Waals surface area contributed by atoms with Crippen molar-refractivity contribution in [2.24, 2.45) is 0 Å². The van der Waals surface area contributed by atoms with Crippen LogP contribution >= 0.6 is 15.9 Å². The van der Waals surface area contributed by atoms with Crippen molar-refractivity contribution in [3.63, 3.8) is 0 Å². The first kappa shape index (κ1) is 10.3. The van der Waals surface area contributed by atoms with Gasteiger partial charge in [0, 0.05) is 4.47 Å². The summed E-state index contributed by atoms with van der Waals surface area (Å²) < 4.78 is 37.0. The van der Waals surface area contributed by atoms with Crippen LogP contribution in [0.3, 0.4) is 0 Å². The number of benzene rings is 1. The van der Waals surface area contributed by atoms with E-state index in [1.165, 1.54) is 6.07 Å². The van der Waals surface area contributed by atoms with Crippen LogP contribution in [0.5, 0.6) is 0 Å². The van der Waals surface area contributed by atoms with Gasteiger partial charge in [-0.25, -0.2) is 0 Å². The highest BCUT2D eigenvalue weighted by Gasteiger charge is 2.30. The third-order valence-electron chi connectivity index (χ3n) is 1.43. The molecule has 0 atom stereocenters. The molecule has 1 aromatic carbocycles. The van der Waals surface area contributed by atoms with Gasteiger partial charge in [-0.05, 0) is 29.8 Å². The summed E-state index contributed by atoms with van der Waals surface area (Å²) in [5.41, 5.74) is -0.380. The number of hydrogen-bond acceptors (Lipinski definition) is 0. The highest BCUT2D eigenvalue weighted by molar-refractivity contribution is 9.10. The van der Waals surface area contributed by atoms with E-state index < -0.39 is 11.7 Å². The molecule has 69 valence electrons. The molecule has 0 unspecified atom stereocenters. The Morgan fingerprint density at radius 3 is 2.31 bits per heavy atom. The Hall–Kier alpha value is -0.770. The van der Waals surface area contributed by atoms with E-state index in [2.05, 4.69) is 28.6 Å². The van der Waals surface area contributed by atoms with E-state index in [-0.39, 0.29) is 0 Å². The third-order valence-corrected chi connectivity index (χ3v) is 1.89. The Kier molecular flexibility index (Phi) is 2.81. The minimum absolute atomic E-state index is 0.321. The summed E-state index contributed by atoms with van der Waals surface area (Å²) in [4.78, 5) is 0. The van der Waals surface area contributed by atoms with Crippen molar-refractivity contribution in [3.8, 4) is 0 Å². The Morgan fingerprint density at radius 2 is 1.85 bits per heavy atom. The summed E-state index contributed by atoms with van der Waals surface area (Å²) in [6, 6.07) is 3.53. The van der Waals surface area contributed by atoms with Gasteiger partial charge in [0.1, 0.15) is 0 Å². The molecule has 0 aliphatic carbocycles. The molecule has 0 aliphatic heterocycles. The maximum atomic E-state index is 12.2. The normalized spacial score (nSPS) is 11.4.